The molecular weight excluding hydrogens is 232 g/mol. The molecule has 1 saturated carbocycles. The maximum absolute atomic E-state index is 3.66. The van der Waals surface area contributed by atoms with E-state index in [0.717, 1.165) is 17.9 Å². The summed E-state index contributed by atoms with van der Waals surface area (Å²) in [5.74, 6) is 1.77. The van der Waals surface area contributed by atoms with E-state index in [0.29, 0.717) is 6.04 Å². The van der Waals surface area contributed by atoms with E-state index in [1.165, 1.54) is 64.6 Å². The van der Waals surface area contributed by atoms with Crippen molar-refractivity contribution in [2.45, 2.75) is 77.8 Å². The molecule has 2 nitrogen and oxygen atoms in total. The standard InChI is InChI=1S/C17H34N2/c1-4-17(16-8-6-5-7-9-16)19-11-10-15(3)18-12-14(2)13-19/h14-18H,4-13H2,1-3H3. The molecule has 0 radical (unpaired) electrons. The van der Waals surface area contributed by atoms with Crippen LogP contribution in [0, 0.1) is 11.8 Å². The first-order valence-corrected chi connectivity index (χ1v) is 8.68. The molecular formula is C17H34N2. The second kappa shape index (κ2) is 7.64. The highest BCUT2D eigenvalue weighted by Crippen LogP contribution is 2.31. The molecule has 2 fully saturated rings. The van der Waals surface area contributed by atoms with Crippen molar-refractivity contribution < 1.29 is 0 Å². The van der Waals surface area contributed by atoms with E-state index in [1.54, 1.807) is 0 Å². The summed E-state index contributed by atoms with van der Waals surface area (Å²) in [5.41, 5.74) is 0. The van der Waals surface area contributed by atoms with E-state index in [1.807, 2.05) is 0 Å². The minimum Gasteiger partial charge on any atom is -0.314 e. The number of nitrogens with zero attached hydrogens (tertiary/aromatic N) is 1. The molecule has 0 amide bonds. The molecule has 1 aliphatic carbocycles. The highest BCUT2D eigenvalue weighted by molar-refractivity contribution is 4.84. The van der Waals surface area contributed by atoms with Gasteiger partial charge in [-0.15, -0.1) is 0 Å². The molecule has 3 atom stereocenters. The highest BCUT2D eigenvalue weighted by Gasteiger charge is 2.29. The van der Waals surface area contributed by atoms with Crippen molar-refractivity contribution in [1.82, 2.24) is 10.2 Å². The summed E-state index contributed by atoms with van der Waals surface area (Å²) in [7, 11) is 0. The van der Waals surface area contributed by atoms with Gasteiger partial charge in [0.15, 0.2) is 0 Å². The quantitative estimate of drug-likeness (QED) is 0.838. The summed E-state index contributed by atoms with van der Waals surface area (Å²) in [6.07, 6.45) is 10.1. The van der Waals surface area contributed by atoms with Crippen molar-refractivity contribution in [3.05, 3.63) is 0 Å². The first-order chi connectivity index (χ1) is 9.20. The molecule has 112 valence electrons. The number of hydrogen-bond acceptors (Lipinski definition) is 2. The first-order valence-electron chi connectivity index (χ1n) is 8.68. The Balaban J connectivity index is 1.97. The molecule has 1 heterocycles. The van der Waals surface area contributed by atoms with E-state index < -0.39 is 0 Å². The van der Waals surface area contributed by atoms with Crippen molar-refractivity contribution in [2.24, 2.45) is 11.8 Å². The number of rotatable bonds is 3. The van der Waals surface area contributed by atoms with Crippen LogP contribution in [0.5, 0.6) is 0 Å². The van der Waals surface area contributed by atoms with Crippen molar-refractivity contribution in [2.75, 3.05) is 19.6 Å². The van der Waals surface area contributed by atoms with Crippen molar-refractivity contribution in [3.8, 4) is 0 Å². The Hall–Kier alpha value is -0.0800. The predicted octanol–water partition coefficient (Wildman–Crippen LogP) is 3.67. The lowest BCUT2D eigenvalue weighted by molar-refractivity contribution is 0.0861. The van der Waals surface area contributed by atoms with Crippen molar-refractivity contribution in [1.29, 1.82) is 0 Å². The maximum atomic E-state index is 3.66. The molecule has 1 N–H and O–H groups in total. The van der Waals surface area contributed by atoms with Gasteiger partial charge >= 0.3 is 0 Å². The third-order valence-electron chi connectivity index (χ3n) is 5.29. The van der Waals surface area contributed by atoms with Gasteiger partial charge < -0.3 is 5.32 Å². The summed E-state index contributed by atoms with van der Waals surface area (Å²) in [5, 5.41) is 3.66. The zero-order valence-electron chi connectivity index (χ0n) is 13.3. The molecule has 0 spiro atoms. The normalized spacial score (nSPS) is 33.6. The zero-order valence-corrected chi connectivity index (χ0v) is 13.3. The Morgan fingerprint density at radius 3 is 2.53 bits per heavy atom. The molecule has 0 aromatic heterocycles. The monoisotopic (exact) mass is 266 g/mol. The van der Waals surface area contributed by atoms with Gasteiger partial charge in [0, 0.05) is 18.6 Å². The second-order valence-corrected chi connectivity index (χ2v) is 7.07. The van der Waals surface area contributed by atoms with Crippen LogP contribution in [0.2, 0.25) is 0 Å². The Morgan fingerprint density at radius 1 is 1.11 bits per heavy atom. The van der Waals surface area contributed by atoms with Gasteiger partial charge in [0.1, 0.15) is 0 Å². The van der Waals surface area contributed by atoms with Gasteiger partial charge in [-0.25, -0.2) is 0 Å². The van der Waals surface area contributed by atoms with Crippen LogP contribution in [0.15, 0.2) is 0 Å². The SMILES string of the molecule is CCC(C1CCCCC1)N1CCC(C)NCC(C)C1. The molecule has 19 heavy (non-hydrogen) atoms. The molecule has 2 heteroatoms. The van der Waals surface area contributed by atoms with Crippen LogP contribution in [-0.2, 0) is 0 Å². The molecule has 1 aliphatic heterocycles. The fourth-order valence-corrected chi connectivity index (χ4v) is 4.13. The minimum absolute atomic E-state index is 0.689. The maximum Gasteiger partial charge on any atom is 0.0121 e. The van der Waals surface area contributed by atoms with Crippen LogP contribution in [0.4, 0.5) is 0 Å². The molecule has 2 rings (SSSR count). The second-order valence-electron chi connectivity index (χ2n) is 7.07. The van der Waals surface area contributed by atoms with Crippen LogP contribution in [0.25, 0.3) is 0 Å². The topological polar surface area (TPSA) is 15.3 Å². The van der Waals surface area contributed by atoms with Gasteiger partial charge in [0.25, 0.3) is 0 Å². The van der Waals surface area contributed by atoms with Crippen molar-refractivity contribution >= 4 is 0 Å². The summed E-state index contributed by atoms with van der Waals surface area (Å²) in [4.78, 5) is 2.85. The third kappa shape index (κ3) is 4.46. The smallest absolute Gasteiger partial charge is 0.0121 e. The molecule has 0 aromatic carbocycles. The zero-order chi connectivity index (χ0) is 13.7. The molecule has 0 bridgehead atoms. The molecule has 0 aromatic rings. The summed E-state index contributed by atoms with van der Waals surface area (Å²) >= 11 is 0. The van der Waals surface area contributed by atoms with Crippen LogP contribution >= 0.6 is 0 Å². The van der Waals surface area contributed by atoms with Crippen LogP contribution in [-0.4, -0.2) is 36.6 Å². The fraction of sp³-hybridized carbons (Fsp3) is 1.00. The average Bonchev–Trinajstić information content (AvgIpc) is 2.42. The number of nitrogens with one attached hydrogen (secondary N) is 1. The number of hydrogen-bond donors (Lipinski definition) is 1. The van der Waals surface area contributed by atoms with Gasteiger partial charge in [-0.05, 0) is 57.5 Å². The van der Waals surface area contributed by atoms with Gasteiger partial charge in [-0.2, -0.15) is 0 Å². The Kier molecular flexibility index (Phi) is 6.15. The van der Waals surface area contributed by atoms with Crippen molar-refractivity contribution in [3.63, 3.8) is 0 Å². The molecule has 3 unspecified atom stereocenters. The van der Waals surface area contributed by atoms with E-state index in [4.69, 9.17) is 0 Å². The van der Waals surface area contributed by atoms with Crippen LogP contribution in [0.1, 0.15) is 65.7 Å². The van der Waals surface area contributed by atoms with E-state index in [2.05, 4.69) is 31.0 Å². The lowest BCUT2D eigenvalue weighted by atomic mass is 9.81. The highest BCUT2D eigenvalue weighted by atomic mass is 15.2. The van der Waals surface area contributed by atoms with E-state index in [-0.39, 0.29) is 0 Å². The average molecular weight is 266 g/mol. The van der Waals surface area contributed by atoms with Gasteiger partial charge in [-0.1, -0.05) is 33.1 Å². The van der Waals surface area contributed by atoms with Gasteiger partial charge in [0.05, 0.1) is 0 Å². The summed E-state index contributed by atoms with van der Waals surface area (Å²) in [6.45, 7) is 11.0. The van der Waals surface area contributed by atoms with E-state index >= 15 is 0 Å². The Labute approximate surface area is 120 Å². The lowest BCUT2D eigenvalue weighted by Crippen LogP contribution is -2.49. The minimum atomic E-state index is 0.689. The van der Waals surface area contributed by atoms with Crippen LogP contribution in [0.3, 0.4) is 0 Å². The molecule has 1 saturated heterocycles. The first kappa shape index (κ1) is 15.3. The largest absolute Gasteiger partial charge is 0.314 e. The molecule has 2 aliphatic rings. The summed E-state index contributed by atoms with van der Waals surface area (Å²) < 4.78 is 0. The fourth-order valence-electron chi connectivity index (χ4n) is 4.13. The van der Waals surface area contributed by atoms with E-state index in [9.17, 15) is 0 Å². The Morgan fingerprint density at radius 2 is 1.84 bits per heavy atom. The lowest BCUT2D eigenvalue weighted by Gasteiger charge is -2.41. The van der Waals surface area contributed by atoms with Crippen LogP contribution < -0.4 is 5.32 Å². The predicted molar refractivity (Wildman–Crippen MR) is 83.5 cm³/mol. The van der Waals surface area contributed by atoms with Gasteiger partial charge in [0.2, 0.25) is 0 Å². The third-order valence-corrected chi connectivity index (χ3v) is 5.29. The Bertz CT molecular complexity index is 248. The summed E-state index contributed by atoms with van der Waals surface area (Å²) in [6, 6.07) is 1.54. The van der Waals surface area contributed by atoms with Gasteiger partial charge in [-0.3, -0.25) is 4.90 Å².